The third-order valence-corrected chi connectivity index (χ3v) is 7.82. The number of ether oxygens (including phenoxy) is 1. The molecule has 2 heterocycles. The lowest BCUT2D eigenvalue weighted by Crippen LogP contribution is -2.32. The molecule has 0 radical (unpaired) electrons. The second kappa shape index (κ2) is 7.69. The van der Waals surface area contributed by atoms with Gasteiger partial charge in [-0.1, -0.05) is 19.6 Å². The predicted molar refractivity (Wildman–Crippen MR) is 99.0 cm³/mol. The standard InChI is InChI=1S/C14H23BrN2O4SSi/c1-23(2,3)5-4-22-11-6-12(21-10(11)8-18)17-7-9(15)13(19)16-14(17)20/h7,10-12,18H,4-6,8H2,1-3H3,(H,16,19,20)/t10-,11-,12-/m1/s1. The Labute approximate surface area is 148 Å². The van der Waals surface area contributed by atoms with E-state index in [1.165, 1.54) is 16.8 Å². The highest BCUT2D eigenvalue weighted by Crippen LogP contribution is 2.36. The molecule has 130 valence electrons. The SMILES string of the molecule is C[Si](C)(C)CCS[C@@H]1C[C@H](n2cc(Br)c(=O)[nH]c2=O)O[C@@H]1CO. The number of nitrogens with zero attached hydrogens (tertiary/aromatic N) is 1. The number of halogens is 1. The van der Waals surface area contributed by atoms with Crippen LogP contribution in [0, 0.1) is 0 Å². The van der Waals surface area contributed by atoms with Crippen molar-refractivity contribution in [2.75, 3.05) is 12.4 Å². The van der Waals surface area contributed by atoms with Gasteiger partial charge in [0.1, 0.15) is 6.23 Å². The van der Waals surface area contributed by atoms with E-state index in [9.17, 15) is 14.7 Å². The molecule has 1 fully saturated rings. The lowest BCUT2D eigenvalue weighted by atomic mass is 10.2. The summed E-state index contributed by atoms with van der Waals surface area (Å²) in [6, 6.07) is 1.21. The monoisotopic (exact) mass is 422 g/mol. The van der Waals surface area contributed by atoms with Gasteiger partial charge < -0.3 is 9.84 Å². The van der Waals surface area contributed by atoms with Gasteiger partial charge in [0.2, 0.25) is 0 Å². The van der Waals surface area contributed by atoms with Gasteiger partial charge in [-0.25, -0.2) is 4.79 Å². The van der Waals surface area contributed by atoms with E-state index in [1.54, 1.807) is 11.8 Å². The molecule has 0 aliphatic carbocycles. The first-order chi connectivity index (χ1) is 10.7. The van der Waals surface area contributed by atoms with Crippen LogP contribution in [0.1, 0.15) is 12.6 Å². The Hall–Kier alpha value is -0.353. The zero-order valence-electron chi connectivity index (χ0n) is 13.5. The van der Waals surface area contributed by atoms with E-state index in [-0.39, 0.29) is 22.4 Å². The number of thioether (sulfide) groups is 1. The van der Waals surface area contributed by atoms with Crippen LogP contribution in [0.2, 0.25) is 25.7 Å². The molecule has 2 N–H and O–H groups in total. The number of hydrogen-bond donors (Lipinski definition) is 2. The number of rotatable bonds is 6. The summed E-state index contributed by atoms with van der Waals surface area (Å²) in [6.07, 6.45) is 1.34. The maximum atomic E-state index is 12.0. The number of aliphatic hydroxyl groups is 1. The second-order valence-corrected chi connectivity index (χ2v) is 14.7. The fourth-order valence-corrected chi connectivity index (χ4v) is 6.61. The van der Waals surface area contributed by atoms with E-state index in [1.807, 2.05) is 0 Å². The van der Waals surface area contributed by atoms with Gasteiger partial charge in [0, 0.05) is 25.9 Å². The van der Waals surface area contributed by atoms with Crippen molar-refractivity contribution in [3.05, 3.63) is 31.5 Å². The number of aromatic nitrogens is 2. The molecule has 0 bridgehead atoms. The largest absolute Gasteiger partial charge is 0.394 e. The van der Waals surface area contributed by atoms with Gasteiger partial charge in [-0.2, -0.15) is 11.8 Å². The van der Waals surface area contributed by atoms with Gasteiger partial charge in [-0.3, -0.25) is 14.3 Å². The Kier molecular flexibility index (Phi) is 6.34. The predicted octanol–water partition coefficient (Wildman–Crippen LogP) is 2.02. The van der Waals surface area contributed by atoms with Crippen LogP contribution in [0.15, 0.2) is 20.3 Å². The summed E-state index contributed by atoms with van der Waals surface area (Å²) in [5.41, 5.74) is -0.948. The molecule has 23 heavy (non-hydrogen) atoms. The average molecular weight is 423 g/mol. The van der Waals surface area contributed by atoms with E-state index in [0.717, 1.165) is 5.75 Å². The molecule has 0 spiro atoms. The van der Waals surface area contributed by atoms with Crippen LogP contribution in [0.5, 0.6) is 0 Å². The molecule has 1 aliphatic rings. The molecule has 0 saturated carbocycles. The summed E-state index contributed by atoms with van der Waals surface area (Å²) < 4.78 is 7.50. The zero-order valence-corrected chi connectivity index (χ0v) is 16.9. The highest BCUT2D eigenvalue weighted by molar-refractivity contribution is 9.10. The van der Waals surface area contributed by atoms with E-state index in [0.29, 0.717) is 6.42 Å². The smallest absolute Gasteiger partial charge is 0.330 e. The van der Waals surface area contributed by atoms with Crippen molar-refractivity contribution < 1.29 is 9.84 Å². The van der Waals surface area contributed by atoms with Crippen LogP contribution in [0.25, 0.3) is 0 Å². The van der Waals surface area contributed by atoms with E-state index in [4.69, 9.17) is 4.74 Å². The van der Waals surface area contributed by atoms with Crippen molar-refractivity contribution in [3.63, 3.8) is 0 Å². The summed E-state index contributed by atoms with van der Waals surface area (Å²) in [6.45, 7) is 6.94. The molecule has 1 saturated heterocycles. The zero-order chi connectivity index (χ0) is 17.2. The first kappa shape index (κ1) is 19.0. The third kappa shape index (κ3) is 5.06. The summed E-state index contributed by atoms with van der Waals surface area (Å²) in [5, 5.41) is 9.70. The van der Waals surface area contributed by atoms with Gasteiger partial charge in [-0.05, 0) is 27.7 Å². The molecule has 6 nitrogen and oxygen atoms in total. The first-order valence-electron chi connectivity index (χ1n) is 7.60. The molecule has 1 aromatic heterocycles. The molecular weight excluding hydrogens is 400 g/mol. The number of H-pyrrole nitrogens is 1. The lowest BCUT2D eigenvalue weighted by molar-refractivity contribution is -0.0238. The lowest BCUT2D eigenvalue weighted by Gasteiger charge is -2.19. The fourth-order valence-electron chi connectivity index (χ4n) is 2.40. The molecular formula is C14H23BrN2O4SSi. The Balaban J connectivity index is 2.08. The Morgan fingerprint density at radius 1 is 1.48 bits per heavy atom. The molecule has 1 aromatic rings. The minimum Gasteiger partial charge on any atom is -0.394 e. The van der Waals surface area contributed by atoms with Crippen LogP contribution >= 0.6 is 27.7 Å². The number of nitrogens with one attached hydrogen (secondary N) is 1. The highest BCUT2D eigenvalue weighted by Gasteiger charge is 2.36. The summed E-state index contributed by atoms with van der Waals surface area (Å²) in [4.78, 5) is 25.7. The normalized spacial score (nSPS) is 25.0. The van der Waals surface area contributed by atoms with Crippen molar-refractivity contribution in [2.24, 2.45) is 0 Å². The van der Waals surface area contributed by atoms with Crippen LogP contribution in [-0.4, -0.2) is 46.4 Å². The number of aliphatic hydroxyl groups excluding tert-OH is 1. The van der Waals surface area contributed by atoms with Crippen molar-refractivity contribution >= 4 is 35.8 Å². The minimum atomic E-state index is -1.09. The maximum absolute atomic E-state index is 12.0. The average Bonchev–Trinajstić information content (AvgIpc) is 2.84. The summed E-state index contributed by atoms with van der Waals surface area (Å²) in [5.74, 6) is 1.04. The fraction of sp³-hybridized carbons (Fsp3) is 0.714. The van der Waals surface area contributed by atoms with E-state index in [2.05, 4.69) is 40.6 Å². The Morgan fingerprint density at radius 3 is 2.78 bits per heavy atom. The Bertz CT molecular complexity index is 657. The van der Waals surface area contributed by atoms with Crippen LogP contribution < -0.4 is 11.2 Å². The minimum absolute atomic E-state index is 0.0691. The topological polar surface area (TPSA) is 84.3 Å². The molecule has 1 aliphatic heterocycles. The van der Waals surface area contributed by atoms with Gasteiger partial charge >= 0.3 is 5.69 Å². The molecule has 3 atom stereocenters. The van der Waals surface area contributed by atoms with Gasteiger partial charge in [0.15, 0.2) is 0 Å². The van der Waals surface area contributed by atoms with Crippen molar-refractivity contribution in [2.45, 2.75) is 49.7 Å². The molecule has 0 amide bonds. The Morgan fingerprint density at radius 2 is 2.17 bits per heavy atom. The van der Waals surface area contributed by atoms with E-state index < -0.39 is 25.6 Å². The van der Waals surface area contributed by atoms with Crippen LogP contribution in [-0.2, 0) is 4.74 Å². The number of hydrogen-bond acceptors (Lipinski definition) is 5. The molecule has 2 rings (SSSR count). The van der Waals surface area contributed by atoms with Gasteiger partial charge in [0.05, 0.1) is 17.2 Å². The summed E-state index contributed by atoms with van der Waals surface area (Å²) >= 11 is 4.94. The molecule has 9 heteroatoms. The first-order valence-corrected chi connectivity index (χ1v) is 13.1. The maximum Gasteiger partial charge on any atom is 0.330 e. The van der Waals surface area contributed by atoms with Crippen LogP contribution in [0.3, 0.4) is 0 Å². The van der Waals surface area contributed by atoms with Crippen molar-refractivity contribution in [3.8, 4) is 0 Å². The van der Waals surface area contributed by atoms with Gasteiger partial charge in [-0.15, -0.1) is 0 Å². The van der Waals surface area contributed by atoms with E-state index >= 15 is 0 Å². The quantitative estimate of drug-likeness (QED) is 0.684. The van der Waals surface area contributed by atoms with Gasteiger partial charge in [0.25, 0.3) is 5.56 Å². The van der Waals surface area contributed by atoms with Crippen molar-refractivity contribution in [1.82, 2.24) is 9.55 Å². The molecule has 0 unspecified atom stereocenters. The molecule has 0 aromatic carbocycles. The summed E-state index contributed by atoms with van der Waals surface area (Å²) in [7, 11) is -1.09. The third-order valence-electron chi connectivity index (χ3n) is 3.78. The number of aromatic amines is 1. The van der Waals surface area contributed by atoms with Crippen molar-refractivity contribution in [1.29, 1.82) is 0 Å². The highest BCUT2D eigenvalue weighted by atomic mass is 79.9. The van der Waals surface area contributed by atoms with Crippen LogP contribution in [0.4, 0.5) is 0 Å². The second-order valence-electron chi connectivity index (χ2n) is 6.91.